The minimum absolute atomic E-state index is 0.642. The van der Waals surface area contributed by atoms with Gasteiger partial charge in [-0.15, -0.1) is 0 Å². The summed E-state index contributed by atoms with van der Waals surface area (Å²) in [5.74, 6) is 1.40. The molecule has 0 radical (unpaired) electrons. The number of nitrogens with two attached hydrogens (primary N) is 1. The number of methoxy groups -OCH3 is 2. The quantitative estimate of drug-likeness (QED) is 0.570. The van der Waals surface area contributed by atoms with Crippen LogP contribution >= 0.6 is 0 Å². The van der Waals surface area contributed by atoms with Crippen LogP contribution < -0.4 is 15.2 Å². The third-order valence-corrected chi connectivity index (χ3v) is 2.19. The Morgan fingerprint density at radius 1 is 1.06 bits per heavy atom. The molecular formula is C12H19NO3. The van der Waals surface area contributed by atoms with Gasteiger partial charge in [0.15, 0.2) is 11.5 Å². The molecule has 1 rings (SSSR count). The smallest absolute Gasteiger partial charge is 0.163 e. The Balaban J connectivity index is 2.42. The molecule has 0 aliphatic heterocycles. The summed E-state index contributed by atoms with van der Waals surface area (Å²) in [4.78, 5) is 0. The zero-order valence-corrected chi connectivity index (χ0v) is 9.86. The first kappa shape index (κ1) is 12.6. The first-order valence-electron chi connectivity index (χ1n) is 5.33. The van der Waals surface area contributed by atoms with Gasteiger partial charge in [0.1, 0.15) is 0 Å². The lowest BCUT2D eigenvalue weighted by Gasteiger charge is -2.11. The van der Waals surface area contributed by atoms with E-state index in [0.717, 1.165) is 19.4 Å². The largest absolute Gasteiger partial charge is 0.493 e. The molecule has 0 amide bonds. The summed E-state index contributed by atoms with van der Waals surface area (Å²) in [7, 11) is 3.31. The molecule has 4 nitrogen and oxygen atoms in total. The molecule has 0 aromatic heterocycles. The van der Waals surface area contributed by atoms with E-state index >= 15 is 0 Å². The number of hydrogen-bond donors (Lipinski definition) is 1. The molecule has 0 atom stereocenters. The van der Waals surface area contributed by atoms with E-state index < -0.39 is 0 Å². The van der Waals surface area contributed by atoms with Crippen molar-refractivity contribution >= 4 is 5.69 Å². The molecule has 1 aromatic carbocycles. The fourth-order valence-corrected chi connectivity index (χ4v) is 1.34. The molecule has 90 valence electrons. The standard InChI is InChI=1S/C12H19NO3/c1-14-7-3-4-8-16-12-9-10(13)5-6-11(12)15-2/h5-6,9H,3-4,7-8,13H2,1-2H3. The number of rotatable bonds is 7. The SMILES string of the molecule is COCCCCOc1cc(N)ccc1OC. The van der Waals surface area contributed by atoms with Crippen LogP contribution in [0.4, 0.5) is 5.69 Å². The minimum Gasteiger partial charge on any atom is -0.493 e. The Morgan fingerprint density at radius 2 is 1.81 bits per heavy atom. The van der Waals surface area contributed by atoms with Gasteiger partial charge in [0.05, 0.1) is 13.7 Å². The van der Waals surface area contributed by atoms with Crippen molar-refractivity contribution in [2.75, 3.05) is 33.2 Å². The van der Waals surface area contributed by atoms with Crippen LogP contribution in [0.2, 0.25) is 0 Å². The number of ether oxygens (including phenoxy) is 3. The Kier molecular flexibility index (Phi) is 5.50. The van der Waals surface area contributed by atoms with Crippen molar-refractivity contribution in [2.45, 2.75) is 12.8 Å². The van der Waals surface area contributed by atoms with Gasteiger partial charge in [-0.1, -0.05) is 0 Å². The van der Waals surface area contributed by atoms with E-state index in [1.807, 2.05) is 0 Å². The molecule has 0 aliphatic carbocycles. The fraction of sp³-hybridized carbons (Fsp3) is 0.500. The van der Waals surface area contributed by atoms with E-state index in [1.54, 1.807) is 32.4 Å². The van der Waals surface area contributed by atoms with Crippen molar-refractivity contribution in [3.8, 4) is 11.5 Å². The molecule has 4 heteroatoms. The zero-order chi connectivity index (χ0) is 11.8. The molecule has 2 N–H and O–H groups in total. The minimum atomic E-state index is 0.642. The first-order valence-corrected chi connectivity index (χ1v) is 5.33. The van der Waals surface area contributed by atoms with Crippen molar-refractivity contribution in [3.63, 3.8) is 0 Å². The van der Waals surface area contributed by atoms with Crippen LogP contribution in [-0.4, -0.2) is 27.4 Å². The third-order valence-electron chi connectivity index (χ3n) is 2.19. The van der Waals surface area contributed by atoms with E-state index in [4.69, 9.17) is 19.9 Å². The highest BCUT2D eigenvalue weighted by atomic mass is 16.5. The van der Waals surface area contributed by atoms with Crippen LogP contribution in [0.3, 0.4) is 0 Å². The summed E-state index contributed by atoms with van der Waals surface area (Å²) in [5.41, 5.74) is 6.35. The lowest BCUT2D eigenvalue weighted by atomic mass is 10.3. The lowest BCUT2D eigenvalue weighted by Crippen LogP contribution is -2.01. The van der Waals surface area contributed by atoms with Gasteiger partial charge in [0.2, 0.25) is 0 Å². The van der Waals surface area contributed by atoms with Crippen molar-refractivity contribution in [2.24, 2.45) is 0 Å². The monoisotopic (exact) mass is 225 g/mol. The van der Waals surface area contributed by atoms with Crippen LogP contribution in [0, 0.1) is 0 Å². The first-order chi connectivity index (χ1) is 7.77. The molecule has 0 saturated heterocycles. The van der Waals surface area contributed by atoms with Gasteiger partial charge in [-0.2, -0.15) is 0 Å². The second-order valence-corrected chi connectivity index (χ2v) is 3.46. The van der Waals surface area contributed by atoms with E-state index in [2.05, 4.69) is 0 Å². The Morgan fingerprint density at radius 3 is 2.50 bits per heavy atom. The highest BCUT2D eigenvalue weighted by molar-refractivity contribution is 5.51. The van der Waals surface area contributed by atoms with Gasteiger partial charge in [-0.25, -0.2) is 0 Å². The van der Waals surface area contributed by atoms with Gasteiger partial charge in [-0.3, -0.25) is 0 Å². The third kappa shape index (κ3) is 3.98. The van der Waals surface area contributed by atoms with Crippen LogP contribution in [-0.2, 0) is 4.74 Å². The van der Waals surface area contributed by atoms with Crippen molar-refractivity contribution in [1.82, 2.24) is 0 Å². The number of hydrogen-bond acceptors (Lipinski definition) is 4. The van der Waals surface area contributed by atoms with Gasteiger partial charge >= 0.3 is 0 Å². The summed E-state index contributed by atoms with van der Waals surface area (Å²) in [6.45, 7) is 1.40. The fourth-order valence-electron chi connectivity index (χ4n) is 1.34. The summed E-state index contributed by atoms with van der Waals surface area (Å²) in [6.07, 6.45) is 1.94. The van der Waals surface area contributed by atoms with Gasteiger partial charge in [-0.05, 0) is 25.0 Å². The highest BCUT2D eigenvalue weighted by Crippen LogP contribution is 2.29. The molecule has 0 fully saturated rings. The molecule has 0 heterocycles. The van der Waals surface area contributed by atoms with Crippen molar-refractivity contribution in [3.05, 3.63) is 18.2 Å². The highest BCUT2D eigenvalue weighted by Gasteiger charge is 2.03. The maximum atomic E-state index is 5.68. The van der Waals surface area contributed by atoms with Crippen LogP contribution in [0.1, 0.15) is 12.8 Å². The number of anilines is 1. The number of unbranched alkanes of at least 4 members (excludes halogenated alkanes) is 1. The second kappa shape index (κ2) is 6.95. The Hall–Kier alpha value is -1.42. The molecule has 0 saturated carbocycles. The van der Waals surface area contributed by atoms with Crippen LogP contribution in [0.5, 0.6) is 11.5 Å². The zero-order valence-electron chi connectivity index (χ0n) is 9.86. The van der Waals surface area contributed by atoms with Crippen molar-refractivity contribution < 1.29 is 14.2 Å². The second-order valence-electron chi connectivity index (χ2n) is 3.46. The number of nitrogen functional groups attached to an aromatic ring is 1. The van der Waals surface area contributed by atoms with Gasteiger partial charge < -0.3 is 19.9 Å². The normalized spacial score (nSPS) is 10.1. The predicted octanol–water partition coefficient (Wildman–Crippen LogP) is 2.08. The maximum absolute atomic E-state index is 5.68. The van der Waals surface area contributed by atoms with E-state index in [1.165, 1.54) is 0 Å². The molecule has 0 spiro atoms. The van der Waals surface area contributed by atoms with E-state index in [-0.39, 0.29) is 0 Å². The summed E-state index contributed by atoms with van der Waals surface area (Å²) >= 11 is 0. The summed E-state index contributed by atoms with van der Waals surface area (Å²) < 4.78 is 15.7. The predicted molar refractivity (Wildman–Crippen MR) is 64.0 cm³/mol. The van der Waals surface area contributed by atoms with Gasteiger partial charge in [0, 0.05) is 25.5 Å². The van der Waals surface area contributed by atoms with Crippen molar-refractivity contribution in [1.29, 1.82) is 0 Å². The topological polar surface area (TPSA) is 53.7 Å². The van der Waals surface area contributed by atoms with Crippen LogP contribution in [0.15, 0.2) is 18.2 Å². The van der Waals surface area contributed by atoms with E-state index in [9.17, 15) is 0 Å². The molecular weight excluding hydrogens is 206 g/mol. The van der Waals surface area contributed by atoms with Gasteiger partial charge in [0.25, 0.3) is 0 Å². The molecule has 0 aliphatic rings. The Bertz CT molecular complexity index is 315. The maximum Gasteiger partial charge on any atom is 0.163 e. The Labute approximate surface area is 96.3 Å². The summed E-state index contributed by atoms with van der Waals surface area (Å²) in [6, 6.07) is 5.37. The average Bonchev–Trinajstić information content (AvgIpc) is 2.29. The molecule has 16 heavy (non-hydrogen) atoms. The summed E-state index contributed by atoms with van der Waals surface area (Å²) in [5, 5.41) is 0. The molecule has 0 unspecified atom stereocenters. The van der Waals surface area contributed by atoms with E-state index in [0.29, 0.717) is 23.8 Å². The average molecular weight is 225 g/mol. The number of benzene rings is 1. The molecule has 0 bridgehead atoms. The van der Waals surface area contributed by atoms with Crippen LogP contribution in [0.25, 0.3) is 0 Å². The lowest BCUT2D eigenvalue weighted by molar-refractivity contribution is 0.183. The molecule has 1 aromatic rings.